The zero-order valence-corrected chi connectivity index (χ0v) is 15.7. The van der Waals surface area contributed by atoms with Crippen LogP contribution in [0.15, 0.2) is 12.3 Å². The topological polar surface area (TPSA) is 111 Å². The molecule has 1 spiro atoms. The number of nitrogens with one attached hydrogen (secondary N) is 1. The number of rotatable bonds is 5. The van der Waals surface area contributed by atoms with Gasteiger partial charge in [-0.25, -0.2) is 9.56 Å². The molecular weight excluding hydrogens is 346 g/mol. The maximum absolute atomic E-state index is 11.3. The van der Waals surface area contributed by atoms with Crippen molar-refractivity contribution in [3.8, 4) is 0 Å². The minimum absolute atomic E-state index is 0.161. The first-order chi connectivity index (χ1) is 12.8. The van der Waals surface area contributed by atoms with Crippen LogP contribution in [0.4, 0.5) is 11.8 Å². The van der Waals surface area contributed by atoms with Crippen LogP contribution in [0.25, 0.3) is 10.9 Å². The molecule has 2 aromatic heterocycles. The molecule has 1 aliphatic heterocycles. The van der Waals surface area contributed by atoms with Gasteiger partial charge in [0.25, 0.3) is 0 Å². The number of hydrogen-bond acceptors (Lipinski definition) is 6. The fraction of sp³-hybridized carbons (Fsp3) is 0.526. The van der Waals surface area contributed by atoms with Crippen molar-refractivity contribution >= 4 is 34.9 Å². The highest BCUT2D eigenvalue weighted by Gasteiger charge is 2.57. The maximum atomic E-state index is 11.3. The lowest BCUT2D eigenvalue weighted by molar-refractivity contribution is -0.425. The molecule has 3 heterocycles. The second-order valence-corrected chi connectivity index (χ2v) is 7.86. The third-order valence-electron chi connectivity index (χ3n) is 5.30. The number of fused-ring (bicyclic) bond motifs is 1. The summed E-state index contributed by atoms with van der Waals surface area (Å²) in [6, 6.07) is 1.96. The van der Waals surface area contributed by atoms with Gasteiger partial charge in [0.2, 0.25) is 0 Å². The first-order valence-electron chi connectivity index (χ1n) is 9.29. The number of anilines is 1. The van der Waals surface area contributed by atoms with Crippen LogP contribution in [-0.4, -0.2) is 53.5 Å². The third-order valence-corrected chi connectivity index (χ3v) is 5.30. The first kappa shape index (κ1) is 17.8. The molecule has 0 radical (unpaired) electrons. The Kier molecular flexibility index (Phi) is 4.10. The number of hydrogen-bond donors (Lipinski definition) is 3. The normalized spacial score (nSPS) is 25.1. The molecule has 4 rings (SSSR count). The van der Waals surface area contributed by atoms with Crippen LogP contribution >= 0.6 is 0 Å². The van der Waals surface area contributed by atoms with Crippen molar-refractivity contribution in [3.05, 3.63) is 18.0 Å². The van der Waals surface area contributed by atoms with Crippen LogP contribution in [0, 0.1) is 5.92 Å². The number of pyridine rings is 1. The highest BCUT2D eigenvalue weighted by atomic mass is 16.4. The first-order valence-corrected chi connectivity index (χ1v) is 9.29. The van der Waals surface area contributed by atoms with E-state index in [0.717, 1.165) is 11.8 Å². The van der Waals surface area contributed by atoms with Crippen LogP contribution in [0.3, 0.4) is 0 Å². The van der Waals surface area contributed by atoms with Crippen molar-refractivity contribution in [1.29, 1.82) is 0 Å². The average Bonchev–Trinajstić information content (AvgIpc) is 3.12. The minimum atomic E-state index is -0.732. The van der Waals surface area contributed by atoms with Gasteiger partial charge in [-0.05, 0) is 39.7 Å². The summed E-state index contributed by atoms with van der Waals surface area (Å²) in [7, 11) is 0. The lowest BCUT2D eigenvalue weighted by Gasteiger charge is -2.12. The molecule has 2 aliphatic rings. The van der Waals surface area contributed by atoms with Gasteiger partial charge >= 0.3 is 11.9 Å². The van der Waals surface area contributed by atoms with E-state index in [1.165, 1.54) is 0 Å². The lowest BCUT2D eigenvalue weighted by atomic mass is 10.0. The van der Waals surface area contributed by atoms with Gasteiger partial charge in [0.05, 0.1) is 29.3 Å². The van der Waals surface area contributed by atoms with Crippen LogP contribution in [0.1, 0.15) is 51.8 Å². The summed E-state index contributed by atoms with van der Waals surface area (Å²) < 4.78 is 1.98. The minimum Gasteiger partial charge on any atom is -0.481 e. The largest absolute Gasteiger partial charge is 0.481 e. The Morgan fingerprint density at radius 2 is 2.15 bits per heavy atom. The van der Waals surface area contributed by atoms with E-state index in [1.807, 2.05) is 24.6 Å². The quantitative estimate of drug-likeness (QED) is 0.692. The van der Waals surface area contributed by atoms with Gasteiger partial charge in [0.15, 0.2) is 11.3 Å². The predicted molar refractivity (Wildman–Crippen MR) is 100 cm³/mol. The second kappa shape index (κ2) is 6.23. The van der Waals surface area contributed by atoms with Gasteiger partial charge in [0, 0.05) is 12.5 Å². The molecule has 8 heteroatoms. The molecule has 0 saturated heterocycles. The van der Waals surface area contributed by atoms with E-state index in [4.69, 9.17) is 4.98 Å². The number of nitrogens with zero attached hydrogens (tertiary/aromatic N) is 4. The summed E-state index contributed by atoms with van der Waals surface area (Å²) in [6.45, 7) is 5.71. The molecule has 1 fully saturated rings. The maximum Gasteiger partial charge on any atom is 0.434 e. The van der Waals surface area contributed by atoms with Crippen LogP contribution in [0.2, 0.25) is 0 Å². The Morgan fingerprint density at radius 1 is 1.37 bits per heavy atom. The molecule has 27 heavy (non-hydrogen) atoms. The van der Waals surface area contributed by atoms with E-state index in [1.54, 1.807) is 19.2 Å². The molecule has 0 bridgehead atoms. The van der Waals surface area contributed by atoms with Gasteiger partial charge < -0.3 is 15.5 Å². The Bertz CT molecular complexity index is 956. The summed E-state index contributed by atoms with van der Waals surface area (Å²) in [5.41, 5.74) is 1.04. The number of aromatic nitrogens is 3. The van der Waals surface area contributed by atoms with E-state index in [2.05, 4.69) is 15.3 Å². The van der Waals surface area contributed by atoms with Crippen molar-refractivity contribution in [2.24, 2.45) is 5.92 Å². The van der Waals surface area contributed by atoms with Crippen molar-refractivity contribution < 1.29 is 19.6 Å². The third kappa shape index (κ3) is 3.14. The molecule has 2 aromatic rings. The standard InChI is InChI=1S/C19H23N5O3/c1-10(2)21-16-15-13(6-14(22-16)11(3)25)8-20-18(23-15)24-9-19(24)5-4-12(7-19)17(26)27/h6,8-12,25H,4-5,7H2,1-3H3,(H-,21,22,26,27)/p+1/t11-,12+,19-/m1/s1. The van der Waals surface area contributed by atoms with Crippen molar-refractivity contribution in [1.82, 2.24) is 15.0 Å². The molecule has 142 valence electrons. The summed E-state index contributed by atoms with van der Waals surface area (Å²) >= 11 is 0. The van der Waals surface area contributed by atoms with Crippen molar-refractivity contribution in [2.45, 2.75) is 57.7 Å². The molecule has 0 amide bonds. The Hall–Kier alpha value is -2.61. The summed E-state index contributed by atoms with van der Waals surface area (Å²) in [5, 5.41) is 23.3. The average molecular weight is 370 g/mol. The zero-order chi connectivity index (χ0) is 19.3. The number of carboxylic acids is 1. The van der Waals surface area contributed by atoms with Crippen LogP contribution in [0.5, 0.6) is 0 Å². The Labute approximate surface area is 157 Å². The molecule has 1 aliphatic carbocycles. The molecular formula is C19H24N5O3+. The highest BCUT2D eigenvalue weighted by Crippen LogP contribution is 2.45. The molecule has 3 atom stereocenters. The van der Waals surface area contributed by atoms with Gasteiger partial charge in [-0.1, -0.05) is 9.97 Å². The summed E-state index contributed by atoms with van der Waals surface area (Å²) in [6.07, 6.45) is 5.17. The highest BCUT2D eigenvalue weighted by molar-refractivity contribution is 5.89. The number of aliphatic hydroxyl groups excluding tert-OH is 1. The van der Waals surface area contributed by atoms with Crippen molar-refractivity contribution in [3.63, 3.8) is 0 Å². The molecule has 8 nitrogen and oxygen atoms in total. The van der Waals surface area contributed by atoms with E-state index < -0.39 is 12.1 Å². The van der Waals surface area contributed by atoms with Gasteiger partial charge in [-0.2, -0.15) is 0 Å². The number of aliphatic carboxylic acids is 1. The number of carboxylic acid groups (broad SMARTS) is 1. The second-order valence-electron chi connectivity index (χ2n) is 7.86. The molecule has 0 aromatic carbocycles. The molecule has 0 unspecified atom stereocenters. The monoisotopic (exact) mass is 370 g/mol. The predicted octanol–water partition coefficient (Wildman–Crippen LogP) is 2.25. The Morgan fingerprint density at radius 3 is 2.78 bits per heavy atom. The SMILES string of the molecule is CC(C)Nc1nc([C@@H](C)O)cc2cnc([N+]3=C[C@]34CC[C@H](C(=O)O)C4)nc12. The fourth-order valence-electron chi connectivity index (χ4n) is 3.83. The Balaban J connectivity index is 1.69. The van der Waals surface area contributed by atoms with E-state index >= 15 is 0 Å². The lowest BCUT2D eigenvalue weighted by Crippen LogP contribution is -2.19. The van der Waals surface area contributed by atoms with Gasteiger partial charge in [0.1, 0.15) is 11.7 Å². The molecule has 1 saturated carbocycles. The fourth-order valence-corrected chi connectivity index (χ4v) is 3.83. The summed E-state index contributed by atoms with van der Waals surface area (Å²) in [4.78, 5) is 25.0. The van der Waals surface area contributed by atoms with Gasteiger partial charge in [-0.15, -0.1) is 0 Å². The number of carbonyl (C=O) groups is 1. The summed E-state index contributed by atoms with van der Waals surface area (Å²) in [5.74, 6) is 0.143. The zero-order valence-electron chi connectivity index (χ0n) is 15.7. The van der Waals surface area contributed by atoms with E-state index in [0.29, 0.717) is 35.8 Å². The van der Waals surface area contributed by atoms with Crippen molar-refractivity contribution in [2.75, 3.05) is 5.32 Å². The van der Waals surface area contributed by atoms with Crippen LogP contribution in [-0.2, 0) is 4.79 Å². The van der Waals surface area contributed by atoms with E-state index in [9.17, 15) is 15.0 Å². The smallest absolute Gasteiger partial charge is 0.434 e. The number of aliphatic hydroxyl groups is 1. The van der Waals surface area contributed by atoms with Crippen LogP contribution < -0.4 is 5.32 Å². The molecule has 3 N–H and O–H groups in total. The van der Waals surface area contributed by atoms with Gasteiger partial charge in [-0.3, -0.25) is 4.79 Å². The van der Waals surface area contributed by atoms with E-state index in [-0.39, 0.29) is 17.5 Å².